The van der Waals surface area contributed by atoms with Crippen LogP contribution in [0.25, 0.3) is 10.8 Å². The highest BCUT2D eigenvalue weighted by Gasteiger charge is 2.39. The van der Waals surface area contributed by atoms with E-state index in [4.69, 9.17) is 0 Å². The molecule has 8 nitrogen and oxygen atoms in total. The van der Waals surface area contributed by atoms with Crippen molar-refractivity contribution in [3.63, 3.8) is 0 Å². The van der Waals surface area contributed by atoms with E-state index in [1.807, 2.05) is 0 Å². The molecule has 0 saturated carbocycles. The molecule has 2 heterocycles. The lowest BCUT2D eigenvalue weighted by Gasteiger charge is -2.32. The standard InChI is InChI=1S/C50H77N3O5/c1-4-7-10-13-16-18-19-21-24-27-36-52-47(55)40-32-34-42-46-43(35-33-41(45(40)46)48(52)56)50(58)53(49(42)57)37-28-31-44(54)51-38-39(29-25-22-15-12-9-6-3)30-26-23-20-17-14-11-8-5-2/h32-35,39H,4-31,36-38H2,1-3H3,(H,51,54). The highest BCUT2D eigenvalue weighted by Crippen LogP contribution is 2.38. The number of nitrogens with one attached hydrogen (secondary N) is 1. The van der Waals surface area contributed by atoms with E-state index in [-0.39, 0.29) is 30.7 Å². The summed E-state index contributed by atoms with van der Waals surface area (Å²) < 4.78 is 0. The molecule has 2 aliphatic rings. The maximum Gasteiger partial charge on any atom is 0.261 e. The Balaban J connectivity index is 1.26. The van der Waals surface area contributed by atoms with Gasteiger partial charge in [0.05, 0.1) is 0 Å². The van der Waals surface area contributed by atoms with E-state index >= 15 is 0 Å². The first-order valence-electron chi connectivity index (χ1n) is 23.9. The van der Waals surface area contributed by atoms with Crippen molar-refractivity contribution in [1.29, 1.82) is 0 Å². The van der Waals surface area contributed by atoms with Gasteiger partial charge in [-0.3, -0.25) is 33.8 Å². The average Bonchev–Trinajstić information content (AvgIpc) is 3.22. The van der Waals surface area contributed by atoms with Gasteiger partial charge in [0.2, 0.25) is 5.91 Å². The minimum atomic E-state index is -0.446. The topological polar surface area (TPSA) is 104 Å². The molecule has 0 bridgehead atoms. The van der Waals surface area contributed by atoms with Gasteiger partial charge in [0.15, 0.2) is 0 Å². The Labute approximate surface area is 351 Å². The summed E-state index contributed by atoms with van der Waals surface area (Å²) in [6, 6.07) is 6.53. The van der Waals surface area contributed by atoms with Crippen LogP contribution in [0.15, 0.2) is 24.3 Å². The van der Waals surface area contributed by atoms with Gasteiger partial charge in [0, 0.05) is 59.1 Å². The second-order valence-electron chi connectivity index (χ2n) is 17.4. The van der Waals surface area contributed by atoms with E-state index in [0.717, 1.165) is 32.1 Å². The first-order valence-corrected chi connectivity index (χ1v) is 23.9. The Hall–Kier alpha value is -3.55. The van der Waals surface area contributed by atoms with Crippen LogP contribution in [0.4, 0.5) is 0 Å². The molecule has 2 aliphatic heterocycles. The number of carbonyl (C=O) groups excluding carboxylic acids is 5. The van der Waals surface area contributed by atoms with E-state index in [9.17, 15) is 24.0 Å². The first kappa shape index (κ1) is 47.1. The lowest BCUT2D eigenvalue weighted by molar-refractivity contribution is -0.121. The van der Waals surface area contributed by atoms with Crippen molar-refractivity contribution < 1.29 is 24.0 Å². The van der Waals surface area contributed by atoms with Crippen LogP contribution in [-0.4, -0.2) is 59.0 Å². The predicted molar refractivity (Wildman–Crippen MR) is 237 cm³/mol. The molecule has 0 radical (unpaired) electrons. The highest BCUT2D eigenvalue weighted by molar-refractivity contribution is 6.33. The number of amides is 5. The zero-order valence-corrected chi connectivity index (χ0v) is 36.7. The van der Waals surface area contributed by atoms with Gasteiger partial charge in [-0.2, -0.15) is 0 Å². The molecule has 0 saturated heterocycles. The monoisotopic (exact) mass is 800 g/mol. The molecule has 0 aromatic heterocycles. The average molecular weight is 800 g/mol. The van der Waals surface area contributed by atoms with Gasteiger partial charge in [-0.25, -0.2) is 0 Å². The zero-order chi connectivity index (χ0) is 41.5. The number of benzene rings is 2. The summed E-state index contributed by atoms with van der Waals surface area (Å²) in [5.41, 5.74) is 1.37. The molecule has 1 atom stereocenters. The van der Waals surface area contributed by atoms with E-state index in [1.54, 1.807) is 24.3 Å². The SMILES string of the molecule is CCCCCCCCCCCCN1C(=O)c2ccc3c4c(ccc(c24)C1=O)C(=O)N(CCCC(=O)NCC(CCCCCCCC)CCCCCCCCCC)C3=O. The summed E-state index contributed by atoms with van der Waals surface area (Å²) in [7, 11) is 0. The lowest BCUT2D eigenvalue weighted by atomic mass is 9.86. The van der Waals surface area contributed by atoms with Crippen molar-refractivity contribution in [2.75, 3.05) is 19.6 Å². The van der Waals surface area contributed by atoms with Crippen LogP contribution >= 0.6 is 0 Å². The summed E-state index contributed by atoms with van der Waals surface area (Å²) in [5, 5.41) is 3.99. The Morgan fingerprint density at radius 3 is 1.12 bits per heavy atom. The number of rotatable bonds is 33. The molecule has 8 heteroatoms. The van der Waals surface area contributed by atoms with Crippen LogP contribution < -0.4 is 5.32 Å². The van der Waals surface area contributed by atoms with Crippen molar-refractivity contribution in [1.82, 2.24) is 15.1 Å². The predicted octanol–water partition coefficient (Wildman–Crippen LogP) is 12.7. The van der Waals surface area contributed by atoms with Gasteiger partial charge < -0.3 is 5.32 Å². The second-order valence-corrected chi connectivity index (χ2v) is 17.4. The number of hydrogen-bond donors (Lipinski definition) is 1. The number of hydrogen-bond acceptors (Lipinski definition) is 5. The molecule has 1 N–H and O–H groups in total. The number of carbonyl (C=O) groups is 5. The smallest absolute Gasteiger partial charge is 0.261 e. The van der Waals surface area contributed by atoms with Crippen LogP contribution in [0.3, 0.4) is 0 Å². The Morgan fingerprint density at radius 2 is 0.759 bits per heavy atom. The molecule has 4 rings (SSSR count). The van der Waals surface area contributed by atoms with E-state index in [1.165, 1.54) is 145 Å². The third-order valence-electron chi connectivity index (χ3n) is 12.6. The normalized spacial score (nSPS) is 14.3. The maximum absolute atomic E-state index is 13.8. The van der Waals surface area contributed by atoms with Gasteiger partial charge in [0.1, 0.15) is 0 Å². The Morgan fingerprint density at radius 1 is 0.448 bits per heavy atom. The molecule has 58 heavy (non-hydrogen) atoms. The molecular formula is C50H77N3O5. The van der Waals surface area contributed by atoms with Gasteiger partial charge in [0.25, 0.3) is 23.6 Å². The summed E-state index contributed by atoms with van der Waals surface area (Å²) in [5.74, 6) is -1.18. The fourth-order valence-electron chi connectivity index (χ4n) is 9.01. The summed E-state index contributed by atoms with van der Waals surface area (Å²) in [6.45, 7) is 7.89. The van der Waals surface area contributed by atoms with Gasteiger partial charge >= 0.3 is 0 Å². The Kier molecular flexibility index (Phi) is 21.6. The van der Waals surface area contributed by atoms with Crippen LogP contribution in [0.2, 0.25) is 0 Å². The van der Waals surface area contributed by atoms with Crippen LogP contribution in [0.1, 0.15) is 242 Å². The molecule has 0 spiro atoms. The van der Waals surface area contributed by atoms with Crippen LogP contribution in [-0.2, 0) is 4.79 Å². The molecule has 5 amide bonds. The zero-order valence-electron chi connectivity index (χ0n) is 36.7. The van der Waals surface area contributed by atoms with E-state index in [0.29, 0.717) is 58.5 Å². The maximum atomic E-state index is 13.8. The number of unbranched alkanes of at least 4 members (excludes halogenated alkanes) is 21. The molecular weight excluding hydrogens is 723 g/mol. The van der Waals surface area contributed by atoms with Crippen molar-refractivity contribution in [3.05, 3.63) is 46.5 Å². The minimum Gasteiger partial charge on any atom is -0.356 e. The minimum absolute atomic E-state index is 0.0425. The Bertz CT molecular complexity index is 1550. The van der Waals surface area contributed by atoms with Gasteiger partial charge in [-0.05, 0) is 55.9 Å². The third kappa shape index (κ3) is 14.0. The number of nitrogens with zero attached hydrogens (tertiary/aromatic N) is 2. The quantitative estimate of drug-likeness (QED) is 0.0572. The van der Waals surface area contributed by atoms with Crippen molar-refractivity contribution in [3.8, 4) is 0 Å². The number of imide groups is 2. The van der Waals surface area contributed by atoms with E-state index in [2.05, 4.69) is 26.1 Å². The first-order chi connectivity index (χ1) is 28.3. The summed E-state index contributed by atoms with van der Waals surface area (Å²) in [6.07, 6.45) is 32.5. The molecule has 1 unspecified atom stereocenters. The molecule has 0 aliphatic carbocycles. The third-order valence-corrected chi connectivity index (χ3v) is 12.6. The summed E-state index contributed by atoms with van der Waals surface area (Å²) >= 11 is 0. The lowest BCUT2D eigenvalue weighted by Crippen LogP contribution is -2.44. The molecule has 322 valence electrons. The molecule has 0 fully saturated rings. The highest BCUT2D eigenvalue weighted by atomic mass is 16.2. The van der Waals surface area contributed by atoms with Crippen LogP contribution in [0.5, 0.6) is 0 Å². The van der Waals surface area contributed by atoms with E-state index < -0.39 is 11.8 Å². The summed E-state index contributed by atoms with van der Waals surface area (Å²) in [4.78, 5) is 70.5. The van der Waals surface area contributed by atoms with Gasteiger partial charge in [-0.1, -0.05) is 168 Å². The van der Waals surface area contributed by atoms with Gasteiger partial charge in [-0.15, -0.1) is 0 Å². The molecule has 2 aromatic rings. The molecule has 2 aromatic carbocycles. The fourth-order valence-corrected chi connectivity index (χ4v) is 9.01. The van der Waals surface area contributed by atoms with Crippen molar-refractivity contribution in [2.45, 2.75) is 201 Å². The fraction of sp³-hybridized carbons (Fsp3) is 0.700. The van der Waals surface area contributed by atoms with Crippen molar-refractivity contribution in [2.24, 2.45) is 5.92 Å². The largest absolute Gasteiger partial charge is 0.356 e. The van der Waals surface area contributed by atoms with Crippen LogP contribution in [0, 0.1) is 5.92 Å². The second kappa shape index (κ2) is 26.5. The van der Waals surface area contributed by atoms with Crippen molar-refractivity contribution >= 4 is 40.3 Å².